The number of benzene rings is 2. The van der Waals surface area contributed by atoms with Crippen LogP contribution < -0.4 is 11.1 Å². The Balaban J connectivity index is 2.03. The maximum absolute atomic E-state index is 13.7. The van der Waals surface area contributed by atoms with Crippen molar-refractivity contribution in [3.63, 3.8) is 0 Å². The highest BCUT2D eigenvalue weighted by Gasteiger charge is 2.08. The van der Waals surface area contributed by atoms with Crippen LogP contribution in [0.5, 0.6) is 0 Å². The minimum Gasteiger partial charge on any atom is -0.348 e. The molecule has 0 aliphatic heterocycles. The van der Waals surface area contributed by atoms with Crippen molar-refractivity contribution in [1.82, 2.24) is 5.32 Å². The number of rotatable bonds is 4. The first kappa shape index (κ1) is 14.1. The second-order valence-corrected chi connectivity index (χ2v) is 4.32. The Morgan fingerprint density at radius 2 is 1.95 bits per heavy atom. The molecule has 2 rings (SSSR count). The molecule has 0 aromatic heterocycles. The molecule has 3 nitrogen and oxygen atoms in total. The number of hydrogen-bond donors (Lipinski definition) is 2. The topological polar surface area (TPSA) is 55.1 Å². The van der Waals surface area contributed by atoms with Crippen LogP contribution in [0.2, 0.25) is 0 Å². The van der Waals surface area contributed by atoms with E-state index >= 15 is 0 Å². The van der Waals surface area contributed by atoms with Crippen LogP contribution in [0, 0.1) is 11.6 Å². The third kappa shape index (κ3) is 3.39. The molecule has 0 saturated carbocycles. The van der Waals surface area contributed by atoms with Crippen LogP contribution >= 0.6 is 0 Å². The van der Waals surface area contributed by atoms with E-state index in [1.165, 1.54) is 24.3 Å². The van der Waals surface area contributed by atoms with E-state index in [1.54, 1.807) is 12.1 Å². The summed E-state index contributed by atoms with van der Waals surface area (Å²) in [7, 11) is 0. The minimum absolute atomic E-state index is 0.0338. The summed E-state index contributed by atoms with van der Waals surface area (Å²) < 4.78 is 26.7. The molecule has 104 valence electrons. The Hall–Kier alpha value is -2.27. The fourth-order valence-corrected chi connectivity index (χ4v) is 1.77. The molecule has 0 unspecified atom stereocenters. The number of hydrogen-bond acceptors (Lipinski definition) is 2. The number of nitrogens with two attached hydrogens (primary N) is 1. The van der Waals surface area contributed by atoms with Crippen molar-refractivity contribution in [2.45, 2.75) is 13.1 Å². The minimum atomic E-state index is -0.490. The Morgan fingerprint density at radius 1 is 1.15 bits per heavy atom. The van der Waals surface area contributed by atoms with Crippen LogP contribution in [0.3, 0.4) is 0 Å². The molecule has 0 radical (unpaired) electrons. The largest absolute Gasteiger partial charge is 0.348 e. The second kappa shape index (κ2) is 6.25. The Kier molecular flexibility index (Phi) is 4.42. The zero-order chi connectivity index (χ0) is 14.5. The standard InChI is InChI=1S/C15H14F2N2O/c16-13-3-1-2-11(7-13)15(20)19-9-12-5-4-10(8-18)6-14(12)17/h1-7H,8-9,18H2,(H,19,20). The summed E-state index contributed by atoms with van der Waals surface area (Å²) in [5.41, 5.74) is 6.64. The molecule has 0 fully saturated rings. The summed E-state index contributed by atoms with van der Waals surface area (Å²) in [6, 6.07) is 9.93. The first-order valence-corrected chi connectivity index (χ1v) is 6.11. The van der Waals surface area contributed by atoms with Crippen molar-refractivity contribution in [3.05, 3.63) is 70.8 Å². The van der Waals surface area contributed by atoms with Gasteiger partial charge in [-0.15, -0.1) is 0 Å². The van der Waals surface area contributed by atoms with Gasteiger partial charge in [-0.25, -0.2) is 8.78 Å². The molecule has 20 heavy (non-hydrogen) atoms. The summed E-state index contributed by atoms with van der Waals surface area (Å²) >= 11 is 0. The molecule has 0 bridgehead atoms. The van der Waals surface area contributed by atoms with Crippen LogP contribution in [0.15, 0.2) is 42.5 Å². The van der Waals surface area contributed by atoms with Gasteiger partial charge in [-0.2, -0.15) is 0 Å². The van der Waals surface area contributed by atoms with E-state index in [0.29, 0.717) is 11.1 Å². The maximum atomic E-state index is 13.7. The predicted molar refractivity (Wildman–Crippen MR) is 71.9 cm³/mol. The average Bonchev–Trinajstić information content (AvgIpc) is 2.45. The van der Waals surface area contributed by atoms with E-state index in [2.05, 4.69) is 5.32 Å². The van der Waals surface area contributed by atoms with Crippen molar-refractivity contribution in [1.29, 1.82) is 0 Å². The number of carbonyl (C=O) groups is 1. The normalized spacial score (nSPS) is 10.3. The van der Waals surface area contributed by atoms with Crippen LogP contribution in [0.25, 0.3) is 0 Å². The van der Waals surface area contributed by atoms with Gasteiger partial charge in [0, 0.05) is 24.2 Å². The Morgan fingerprint density at radius 3 is 2.60 bits per heavy atom. The molecule has 2 aromatic rings. The highest BCUT2D eigenvalue weighted by atomic mass is 19.1. The van der Waals surface area contributed by atoms with Gasteiger partial charge >= 0.3 is 0 Å². The zero-order valence-corrected chi connectivity index (χ0v) is 10.7. The van der Waals surface area contributed by atoms with Gasteiger partial charge in [0.2, 0.25) is 0 Å². The van der Waals surface area contributed by atoms with Gasteiger partial charge in [0.05, 0.1) is 0 Å². The van der Waals surface area contributed by atoms with Gasteiger partial charge in [0.1, 0.15) is 11.6 Å². The molecular formula is C15H14F2N2O. The zero-order valence-electron chi connectivity index (χ0n) is 10.7. The number of carbonyl (C=O) groups excluding carboxylic acids is 1. The number of amides is 1. The molecule has 1 amide bonds. The highest BCUT2D eigenvalue weighted by molar-refractivity contribution is 5.94. The first-order chi connectivity index (χ1) is 9.60. The quantitative estimate of drug-likeness (QED) is 0.900. The summed E-state index contributed by atoms with van der Waals surface area (Å²) in [4.78, 5) is 11.8. The SMILES string of the molecule is NCc1ccc(CNC(=O)c2cccc(F)c2)c(F)c1. The van der Waals surface area contributed by atoms with E-state index in [1.807, 2.05) is 0 Å². The molecule has 2 aromatic carbocycles. The van der Waals surface area contributed by atoms with E-state index in [4.69, 9.17) is 5.73 Å². The summed E-state index contributed by atoms with van der Waals surface area (Å²) in [5.74, 6) is -1.37. The molecule has 0 spiro atoms. The lowest BCUT2D eigenvalue weighted by molar-refractivity contribution is 0.0950. The van der Waals surface area contributed by atoms with E-state index < -0.39 is 17.5 Å². The van der Waals surface area contributed by atoms with E-state index in [0.717, 1.165) is 6.07 Å². The van der Waals surface area contributed by atoms with E-state index in [9.17, 15) is 13.6 Å². The van der Waals surface area contributed by atoms with Crippen LogP contribution in [0.4, 0.5) is 8.78 Å². The summed E-state index contributed by atoms with van der Waals surface area (Å²) in [6.07, 6.45) is 0. The second-order valence-electron chi connectivity index (χ2n) is 4.32. The third-order valence-corrected chi connectivity index (χ3v) is 2.88. The molecule has 3 N–H and O–H groups in total. The smallest absolute Gasteiger partial charge is 0.251 e. The molecule has 0 saturated heterocycles. The number of nitrogens with one attached hydrogen (secondary N) is 1. The van der Waals surface area contributed by atoms with Crippen molar-refractivity contribution in [3.8, 4) is 0 Å². The molecule has 0 heterocycles. The van der Waals surface area contributed by atoms with Crippen molar-refractivity contribution < 1.29 is 13.6 Å². The van der Waals surface area contributed by atoms with Crippen LogP contribution in [-0.4, -0.2) is 5.91 Å². The predicted octanol–water partition coefficient (Wildman–Crippen LogP) is 2.35. The van der Waals surface area contributed by atoms with Gasteiger partial charge in [-0.1, -0.05) is 18.2 Å². The number of halogens is 2. The average molecular weight is 276 g/mol. The van der Waals surface area contributed by atoms with Gasteiger partial charge in [-0.05, 0) is 29.8 Å². The fraction of sp³-hybridized carbons (Fsp3) is 0.133. The summed E-state index contributed by atoms with van der Waals surface area (Å²) in [5, 5.41) is 2.54. The fourth-order valence-electron chi connectivity index (χ4n) is 1.77. The third-order valence-electron chi connectivity index (χ3n) is 2.88. The molecule has 0 aliphatic rings. The highest BCUT2D eigenvalue weighted by Crippen LogP contribution is 2.10. The van der Waals surface area contributed by atoms with Gasteiger partial charge < -0.3 is 11.1 Å². The van der Waals surface area contributed by atoms with Crippen LogP contribution in [-0.2, 0) is 13.1 Å². The maximum Gasteiger partial charge on any atom is 0.251 e. The summed E-state index contributed by atoms with van der Waals surface area (Å²) in [6.45, 7) is 0.291. The Bertz CT molecular complexity index is 629. The van der Waals surface area contributed by atoms with Crippen molar-refractivity contribution in [2.75, 3.05) is 0 Å². The van der Waals surface area contributed by atoms with Gasteiger partial charge in [0.15, 0.2) is 0 Å². The van der Waals surface area contributed by atoms with E-state index in [-0.39, 0.29) is 18.7 Å². The Labute approximate surface area is 115 Å². The lowest BCUT2D eigenvalue weighted by Gasteiger charge is -2.07. The van der Waals surface area contributed by atoms with Gasteiger partial charge in [0.25, 0.3) is 5.91 Å². The lowest BCUT2D eigenvalue weighted by atomic mass is 10.1. The molecule has 5 heteroatoms. The molecular weight excluding hydrogens is 262 g/mol. The van der Waals surface area contributed by atoms with Crippen molar-refractivity contribution in [2.24, 2.45) is 5.73 Å². The lowest BCUT2D eigenvalue weighted by Crippen LogP contribution is -2.23. The van der Waals surface area contributed by atoms with Crippen LogP contribution in [0.1, 0.15) is 21.5 Å². The van der Waals surface area contributed by atoms with Crippen molar-refractivity contribution >= 4 is 5.91 Å². The first-order valence-electron chi connectivity index (χ1n) is 6.11. The monoisotopic (exact) mass is 276 g/mol. The molecule has 0 atom stereocenters. The van der Waals surface area contributed by atoms with Gasteiger partial charge in [-0.3, -0.25) is 4.79 Å². The molecule has 0 aliphatic carbocycles.